The number of benzene rings is 1. The second kappa shape index (κ2) is 8.85. The van der Waals surface area contributed by atoms with Crippen molar-refractivity contribution in [3.63, 3.8) is 0 Å². The van der Waals surface area contributed by atoms with Crippen LogP contribution in [-0.2, 0) is 13.9 Å². The minimum Gasteiger partial charge on any atom is -0.465 e. The fraction of sp³-hybridized carbons (Fsp3) is 0.450. The Kier molecular flexibility index (Phi) is 7.35. The van der Waals surface area contributed by atoms with E-state index < -0.39 is 20.3 Å². The van der Waals surface area contributed by atoms with Crippen LogP contribution in [0.4, 0.5) is 0 Å². The molecule has 0 atom stereocenters. The molecular weight excluding hydrogens is 362 g/mol. The lowest BCUT2D eigenvalue weighted by Gasteiger charge is -2.35. The Bertz CT molecular complexity index is 835. The van der Waals surface area contributed by atoms with Crippen molar-refractivity contribution in [2.75, 3.05) is 20.8 Å². The Morgan fingerprint density at radius 3 is 1.93 bits per heavy atom. The summed E-state index contributed by atoms with van der Waals surface area (Å²) in [4.78, 5) is 23.9. The first kappa shape index (κ1) is 22.4. The number of nitriles is 1. The van der Waals surface area contributed by atoms with Gasteiger partial charge in [0, 0.05) is 5.56 Å². The molecule has 27 heavy (non-hydrogen) atoms. The standard InChI is InChI=1S/C20H25NO5Si/c1-20(2,3)27(6,7)26-10-8-9-14-11-16(18(22)24-4)17(19(23)25-5)12-15(14)13-21/h11-12H,10H2,1-7H3. The summed E-state index contributed by atoms with van der Waals surface area (Å²) in [5, 5.41) is 9.43. The van der Waals surface area contributed by atoms with E-state index in [0.29, 0.717) is 5.56 Å². The van der Waals surface area contributed by atoms with E-state index in [0.717, 1.165) is 0 Å². The van der Waals surface area contributed by atoms with Crippen LogP contribution in [0.5, 0.6) is 0 Å². The van der Waals surface area contributed by atoms with Gasteiger partial charge in [0.2, 0.25) is 0 Å². The summed E-state index contributed by atoms with van der Waals surface area (Å²) in [6.07, 6.45) is 0. The van der Waals surface area contributed by atoms with Crippen LogP contribution in [0.1, 0.15) is 52.6 Å². The van der Waals surface area contributed by atoms with E-state index in [2.05, 4.69) is 50.4 Å². The number of rotatable bonds is 4. The SMILES string of the molecule is COC(=O)c1cc(C#N)c(C#CCO[Si](C)(C)C(C)(C)C)cc1C(=O)OC. The summed E-state index contributed by atoms with van der Waals surface area (Å²) in [5.74, 6) is 4.31. The number of methoxy groups -OCH3 is 2. The smallest absolute Gasteiger partial charge is 0.338 e. The van der Waals surface area contributed by atoms with E-state index in [1.54, 1.807) is 0 Å². The molecule has 7 heteroatoms. The van der Waals surface area contributed by atoms with Crippen molar-refractivity contribution in [3.05, 3.63) is 34.4 Å². The zero-order valence-electron chi connectivity index (χ0n) is 16.9. The minimum atomic E-state index is -1.93. The summed E-state index contributed by atoms with van der Waals surface area (Å²) < 4.78 is 15.4. The molecule has 0 aliphatic carbocycles. The highest BCUT2D eigenvalue weighted by Crippen LogP contribution is 2.36. The highest BCUT2D eigenvalue weighted by atomic mass is 28.4. The Morgan fingerprint density at radius 1 is 1.04 bits per heavy atom. The van der Waals surface area contributed by atoms with E-state index in [4.69, 9.17) is 9.16 Å². The first-order valence-corrected chi connectivity index (χ1v) is 11.3. The minimum absolute atomic E-state index is 0.00188. The van der Waals surface area contributed by atoms with Gasteiger partial charge in [-0.25, -0.2) is 9.59 Å². The summed E-state index contributed by atoms with van der Waals surface area (Å²) in [6, 6.07) is 4.65. The molecule has 0 aliphatic rings. The number of ether oxygens (including phenoxy) is 2. The molecule has 1 rings (SSSR count). The van der Waals surface area contributed by atoms with Gasteiger partial charge in [-0.15, -0.1) is 0 Å². The van der Waals surface area contributed by atoms with Crippen molar-refractivity contribution < 1.29 is 23.5 Å². The third-order valence-corrected chi connectivity index (χ3v) is 9.10. The van der Waals surface area contributed by atoms with E-state index in [1.807, 2.05) is 6.07 Å². The van der Waals surface area contributed by atoms with Gasteiger partial charge in [0.15, 0.2) is 8.32 Å². The largest absolute Gasteiger partial charge is 0.465 e. The van der Waals surface area contributed by atoms with Crippen molar-refractivity contribution in [2.45, 2.75) is 38.9 Å². The number of hydrogen-bond acceptors (Lipinski definition) is 6. The van der Waals surface area contributed by atoms with Crippen molar-refractivity contribution in [2.24, 2.45) is 0 Å². The summed E-state index contributed by atoms with van der Waals surface area (Å²) in [6.45, 7) is 10.9. The maximum atomic E-state index is 12.0. The molecule has 0 fully saturated rings. The molecule has 0 heterocycles. The average molecular weight is 388 g/mol. The van der Waals surface area contributed by atoms with Gasteiger partial charge in [-0.1, -0.05) is 32.6 Å². The van der Waals surface area contributed by atoms with E-state index in [1.165, 1.54) is 26.4 Å². The fourth-order valence-corrected chi connectivity index (χ4v) is 2.78. The molecular formula is C20H25NO5Si. The summed E-state index contributed by atoms with van der Waals surface area (Å²) >= 11 is 0. The average Bonchev–Trinajstić information content (AvgIpc) is 2.62. The van der Waals surface area contributed by atoms with E-state index >= 15 is 0 Å². The van der Waals surface area contributed by atoms with Crippen molar-refractivity contribution in [1.29, 1.82) is 5.26 Å². The van der Waals surface area contributed by atoms with Crippen LogP contribution in [0.15, 0.2) is 12.1 Å². The molecule has 0 aliphatic heterocycles. The molecule has 0 amide bonds. The van der Waals surface area contributed by atoms with Gasteiger partial charge < -0.3 is 13.9 Å². The predicted octanol–water partition coefficient (Wildman–Crippen LogP) is 3.50. The molecule has 0 spiro atoms. The summed E-state index contributed by atoms with van der Waals surface area (Å²) in [5.41, 5.74) is 0.453. The molecule has 0 aromatic heterocycles. The van der Waals surface area contributed by atoms with Gasteiger partial charge in [-0.3, -0.25) is 0 Å². The van der Waals surface area contributed by atoms with E-state index in [-0.39, 0.29) is 28.3 Å². The van der Waals surface area contributed by atoms with Crippen LogP contribution in [0.25, 0.3) is 0 Å². The second-order valence-electron chi connectivity index (χ2n) is 7.39. The summed E-state index contributed by atoms with van der Waals surface area (Å²) in [7, 11) is 0.473. The van der Waals surface area contributed by atoms with Gasteiger partial charge in [-0.05, 0) is 30.3 Å². The molecule has 1 aromatic carbocycles. The number of carbonyl (C=O) groups excluding carboxylic acids is 2. The van der Waals surface area contributed by atoms with Gasteiger partial charge in [0.25, 0.3) is 0 Å². The van der Waals surface area contributed by atoms with Crippen LogP contribution in [0.3, 0.4) is 0 Å². The lowest BCUT2D eigenvalue weighted by Crippen LogP contribution is -2.40. The van der Waals surface area contributed by atoms with Crippen LogP contribution in [0.2, 0.25) is 18.1 Å². The zero-order valence-corrected chi connectivity index (χ0v) is 17.9. The number of esters is 2. The van der Waals surface area contributed by atoms with Crippen molar-refractivity contribution in [1.82, 2.24) is 0 Å². The lowest BCUT2D eigenvalue weighted by molar-refractivity contribution is 0.0555. The van der Waals surface area contributed by atoms with Crippen LogP contribution in [0, 0.1) is 23.2 Å². The van der Waals surface area contributed by atoms with Gasteiger partial charge in [0.1, 0.15) is 6.07 Å². The van der Waals surface area contributed by atoms with E-state index in [9.17, 15) is 14.9 Å². The molecule has 6 nitrogen and oxygen atoms in total. The predicted molar refractivity (Wildman–Crippen MR) is 104 cm³/mol. The van der Waals surface area contributed by atoms with Crippen molar-refractivity contribution in [3.8, 4) is 17.9 Å². The highest BCUT2D eigenvalue weighted by Gasteiger charge is 2.36. The molecule has 0 saturated carbocycles. The topological polar surface area (TPSA) is 85.6 Å². The Morgan fingerprint density at radius 2 is 1.52 bits per heavy atom. The highest BCUT2D eigenvalue weighted by molar-refractivity contribution is 6.74. The molecule has 0 bridgehead atoms. The third kappa shape index (κ3) is 5.43. The zero-order chi connectivity index (χ0) is 20.8. The van der Waals surface area contributed by atoms with Crippen LogP contribution in [-0.4, -0.2) is 41.1 Å². The van der Waals surface area contributed by atoms with Crippen LogP contribution < -0.4 is 0 Å². The third-order valence-electron chi connectivity index (χ3n) is 4.62. The Labute approximate surface area is 161 Å². The molecule has 0 saturated heterocycles. The first-order chi connectivity index (χ1) is 12.5. The fourth-order valence-electron chi connectivity index (χ4n) is 1.92. The molecule has 1 aromatic rings. The van der Waals surface area contributed by atoms with Gasteiger partial charge >= 0.3 is 11.9 Å². The molecule has 144 valence electrons. The monoisotopic (exact) mass is 387 g/mol. The number of hydrogen-bond donors (Lipinski definition) is 0. The quantitative estimate of drug-likeness (QED) is 0.446. The first-order valence-electron chi connectivity index (χ1n) is 8.36. The normalized spacial score (nSPS) is 11.0. The second-order valence-corrected chi connectivity index (χ2v) is 12.2. The molecule has 0 unspecified atom stereocenters. The van der Waals surface area contributed by atoms with Gasteiger partial charge in [0.05, 0.1) is 37.5 Å². The number of carbonyl (C=O) groups is 2. The molecule has 0 N–H and O–H groups in total. The Balaban J connectivity index is 3.25. The maximum absolute atomic E-state index is 12.0. The number of nitrogens with zero attached hydrogens (tertiary/aromatic N) is 1. The van der Waals surface area contributed by atoms with Crippen molar-refractivity contribution >= 4 is 20.3 Å². The lowest BCUT2D eigenvalue weighted by atomic mass is 9.99. The maximum Gasteiger partial charge on any atom is 0.338 e. The molecule has 0 radical (unpaired) electrons. The Hall–Kier alpha value is -2.61. The van der Waals surface area contributed by atoms with Crippen LogP contribution >= 0.6 is 0 Å². The van der Waals surface area contributed by atoms with Gasteiger partial charge in [-0.2, -0.15) is 5.26 Å².